The van der Waals surface area contributed by atoms with Gasteiger partial charge in [0.05, 0.1) is 12.6 Å². The van der Waals surface area contributed by atoms with Crippen LogP contribution in [0.3, 0.4) is 0 Å². The average Bonchev–Trinajstić information content (AvgIpc) is 3.28. The lowest BCUT2D eigenvalue weighted by Gasteiger charge is -2.38. The second-order valence-electron chi connectivity index (χ2n) is 10.8. The van der Waals surface area contributed by atoms with Gasteiger partial charge in [-0.05, 0) is 52.5 Å². The van der Waals surface area contributed by atoms with Gasteiger partial charge >= 0.3 is 12.2 Å². The van der Waals surface area contributed by atoms with Crippen LogP contribution in [0.15, 0.2) is 30.3 Å². The number of aldehydes is 1. The van der Waals surface area contributed by atoms with Crippen molar-refractivity contribution in [1.82, 2.24) is 20.0 Å². The van der Waals surface area contributed by atoms with Crippen LogP contribution in [0.2, 0.25) is 0 Å². The summed E-state index contributed by atoms with van der Waals surface area (Å²) in [6.07, 6.45) is 1.12. The molecule has 11 heteroatoms. The number of rotatable bonds is 6. The molecular formula is C27H38N4O7. The highest BCUT2D eigenvalue weighted by molar-refractivity contribution is 5.93. The van der Waals surface area contributed by atoms with Crippen LogP contribution in [0.5, 0.6) is 0 Å². The third-order valence-corrected chi connectivity index (χ3v) is 6.81. The van der Waals surface area contributed by atoms with Crippen molar-refractivity contribution in [2.45, 2.75) is 83.3 Å². The monoisotopic (exact) mass is 530 g/mol. The number of carbonyl (C=O) groups is 5. The second-order valence-corrected chi connectivity index (χ2v) is 10.8. The molecule has 0 saturated carbocycles. The first-order chi connectivity index (χ1) is 17.9. The van der Waals surface area contributed by atoms with E-state index in [0.717, 1.165) is 16.7 Å². The topological polar surface area (TPSA) is 126 Å². The van der Waals surface area contributed by atoms with Gasteiger partial charge in [0, 0.05) is 19.6 Å². The second kappa shape index (κ2) is 12.3. The molecule has 2 heterocycles. The van der Waals surface area contributed by atoms with Crippen LogP contribution in [0, 0.1) is 0 Å². The fourth-order valence-electron chi connectivity index (χ4n) is 4.59. The van der Waals surface area contributed by atoms with Crippen molar-refractivity contribution in [2.24, 2.45) is 0 Å². The maximum atomic E-state index is 13.6. The van der Waals surface area contributed by atoms with Crippen LogP contribution in [0.4, 0.5) is 9.59 Å². The predicted molar refractivity (Wildman–Crippen MR) is 138 cm³/mol. The molecule has 4 amide bonds. The lowest BCUT2D eigenvalue weighted by Crippen LogP contribution is -2.61. The van der Waals surface area contributed by atoms with Crippen LogP contribution in [-0.2, 0) is 30.5 Å². The van der Waals surface area contributed by atoms with E-state index in [2.05, 4.69) is 5.32 Å². The third-order valence-electron chi connectivity index (χ3n) is 6.81. The Balaban J connectivity index is 1.76. The number of nitrogens with zero attached hydrogens (tertiary/aromatic N) is 3. The van der Waals surface area contributed by atoms with E-state index >= 15 is 0 Å². The first kappa shape index (κ1) is 28.9. The number of likely N-dealkylation sites (N-methyl/N-ethyl adjacent to an activating group) is 1. The molecule has 2 fully saturated rings. The van der Waals surface area contributed by atoms with Gasteiger partial charge in [-0.1, -0.05) is 30.3 Å². The van der Waals surface area contributed by atoms with Gasteiger partial charge in [0.25, 0.3) is 0 Å². The molecule has 208 valence electrons. The molecule has 1 aromatic carbocycles. The molecule has 3 rings (SSSR count). The lowest BCUT2D eigenvalue weighted by molar-refractivity contribution is -0.142. The van der Waals surface area contributed by atoms with Crippen LogP contribution in [0.25, 0.3) is 0 Å². The molecule has 2 saturated heterocycles. The molecule has 0 unspecified atom stereocenters. The summed E-state index contributed by atoms with van der Waals surface area (Å²) >= 11 is 0. The molecule has 38 heavy (non-hydrogen) atoms. The van der Waals surface area contributed by atoms with E-state index in [1.54, 1.807) is 20.8 Å². The number of hydrogen-bond acceptors (Lipinski definition) is 7. The van der Waals surface area contributed by atoms with Crippen LogP contribution < -0.4 is 5.32 Å². The molecular weight excluding hydrogens is 492 g/mol. The lowest BCUT2D eigenvalue weighted by atomic mass is 10.1. The molecule has 0 aromatic heterocycles. The Bertz CT molecular complexity index is 1030. The number of ether oxygens (including phenoxy) is 2. The third kappa shape index (κ3) is 7.23. The molecule has 0 radical (unpaired) electrons. The van der Waals surface area contributed by atoms with Crippen molar-refractivity contribution >= 4 is 30.3 Å². The minimum Gasteiger partial charge on any atom is -0.445 e. The molecule has 4 atom stereocenters. The number of carbonyl (C=O) groups excluding carboxylic acids is 5. The Labute approximate surface area is 223 Å². The predicted octanol–water partition coefficient (Wildman–Crippen LogP) is 2.33. The fraction of sp³-hybridized carbons (Fsp3) is 0.593. The Kier molecular flexibility index (Phi) is 9.35. The van der Waals surface area contributed by atoms with Crippen molar-refractivity contribution in [3.05, 3.63) is 35.9 Å². The molecule has 0 bridgehead atoms. The summed E-state index contributed by atoms with van der Waals surface area (Å²) in [5, 5.41) is 2.71. The summed E-state index contributed by atoms with van der Waals surface area (Å²) < 4.78 is 10.8. The van der Waals surface area contributed by atoms with E-state index in [-0.39, 0.29) is 19.2 Å². The van der Waals surface area contributed by atoms with Gasteiger partial charge in [-0.2, -0.15) is 0 Å². The quantitative estimate of drug-likeness (QED) is 0.560. The van der Waals surface area contributed by atoms with Gasteiger partial charge in [0.1, 0.15) is 30.6 Å². The molecule has 2 aliphatic rings. The Morgan fingerprint density at radius 3 is 2.47 bits per heavy atom. The van der Waals surface area contributed by atoms with Crippen molar-refractivity contribution in [1.29, 1.82) is 0 Å². The summed E-state index contributed by atoms with van der Waals surface area (Å²) in [6, 6.07) is 6.34. The molecule has 1 aromatic rings. The van der Waals surface area contributed by atoms with Crippen molar-refractivity contribution in [2.75, 3.05) is 20.1 Å². The van der Waals surface area contributed by atoms with Gasteiger partial charge in [0.2, 0.25) is 11.8 Å². The Morgan fingerprint density at radius 2 is 1.84 bits per heavy atom. The van der Waals surface area contributed by atoms with Crippen LogP contribution >= 0.6 is 0 Å². The summed E-state index contributed by atoms with van der Waals surface area (Å²) in [5.41, 5.74) is 0.0790. The SMILES string of the molecule is C[C@@H](C(=O)N[C@H]1CN(C(=O)OCc2ccccc2)CC[C@H]2CC[C@@H](C=O)N2C1=O)N(C)C(=O)OC(C)(C)C. The van der Waals surface area contributed by atoms with E-state index in [1.807, 2.05) is 30.3 Å². The summed E-state index contributed by atoms with van der Waals surface area (Å²) in [7, 11) is 1.43. The highest BCUT2D eigenvalue weighted by Crippen LogP contribution is 2.28. The number of benzene rings is 1. The first-order valence-electron chi connectivity index (χ1n) is 12.9. The zero-order valence-corrected chi connectivity index (χ0v) is 22.7. The van der Waals surface area contributed by atoms with Gasteiger partial charge in [-0.25, -0.2) is 9.59 Å². The molecule has 1 N–H and O–H groups in total. The van der Waals surface area contributed by atoms with Crippen molar-refractivity contribution in [3.8, 4) is 0 Å². The van der Waals surface area contributed by atoms with Crippen molar-refractivity contribution < 1.29 is 33.4 Å². The van der Waals surface area contributed by atoms with Crippen molar-refractivity contribution in [3.63, 3.8) is 0 Å². The van der Waals surface area contributed by atoms with E-state index in [4.69, 9.17) is 9.47 Å². The van der Waals surface area contributed by atoms with Gasteiger partial charge in [0.15, 0.2) is 0 Å². The Hall–Kier alpha value is -3.63. The number of nitrogens with one attached hydrogen (secondary N) is 1. The fourth-order valence-corrected chi connectivity index (χ4v) is 4.59. The van der Waals surface area contributed by atoms with Gasteiger partial charge < -0.3 is 29.4 Å². The maximum Gasteiger partial charge on any atom is 0.410 e. The normalized spacial score (nSPS) is 22.4. The van der Waals surface area contributed by atoms with Crippen LogP contribution in [-0.4, -0.2) is 94.9 Å². The average molecular weight is 531 g/mol. The zero-order valence-electron chi connectivity index (χ0n) is 22.7. The summed E-state index contributed by atoms with van der Waals surface area (Å²) in [4.78, 5) is 68.0. The van der Waals surface area contributed by atoms with Crippen LogP contribution in [0.1, 0.15) is 52.5 Å². The van der Waals surface area contributed by atoms with E-state index in [0.29, 0.717) is 25.8 Å². The standard InChI is InChI=1S/C27H38N4O7/c1-18(29(5)25(35)38-27(2,3)4)23(33)28-22-15-30(26(36)37-17-19-9-7-6-8-10-19)14-13-20-11-12-21(16-32)31(20)24(22)34/h6-10,16,18,20-22H,11-15,17H2,1-5H3,(H,28,33)/t18-,20+,21-,22-/m0/s1. The number of fused-ring (bicyclic) bond motifs is 1. The highest BCUT2D eigenvalue weighted by Gasteiger charge is 2.43. The molecule has 0 spiro atoms. The largest absolute Gasteiger partial charge is 0.445 e. The molecule has 0 aliphatic carbocycles. The zero-order chi connectivity index (χ0) is 28.0. The number of amides is 4. The minimum absolute atomic E-state index is 0.0711. The summed E-state index contributed by atoms with van der Waals surface area (Å²) in [5.74, 6) is -1.03. The van der Waals surface area contributed by atoms with E-state index < -0.39 is 47.7 Å². The van der Waals surface area contributed by atoms with E-state index in [9.17, 15) is 24.0 Å². The smallest absolute Gasteiger partial charge is 0.410 e. The minimum atomic E-state index is -1.12. The maximum absolute atomic E-state index is 13.6. The Morgan fingerprint density at radius 1 is 1.16 bits per heavy atom. The molecule has 11 nitrogen and oxygen atoms in total. The highest BCUT2D eigenvalue weighted by atomic mass is 16.6. The summed E-state index contributed by atoms with van der Waals surface area (Å²) in [6.45, 7) is 6.92. The molecule has 2 aliphatic heterocycles. The first-order valence-corrected chi connectivity index (χ1v) is 12.9. The number of hydrogen-bond donors (Lipinski definition) is 1. The van der Waals surface area contributed by atoms with E-state index in [1.165, 1.54) is 23.8 Å². The van der Waals surface area contributed by atoms with Gasteiger partial charge in [-0.3, -0.25) is 14.5 Å². The van der Waals surface area contributed by atoms with Gasteiger partial charge in [-0.15, -0.1) is 0 Å².